The highest BCUT2D eigenvalue weighted by Crippen LogP contribution is 2.43. The molecule has 0 aliphatic carbocycles. The van der Waals surface area contributed by atoms with Gasteiger partial charge in [-0.15, -0.1) is 0 Å². The second-order valence-electron chi connectivity index (χ2n) is 7.28. The maximum Gasteiger partial charge on any atom is 0.118 e. The van der Waals surface area contributed by atoms with Crippen LogP contribution in [-0.4, -0.2) is 21.8 Å². The minimum absolute atomic E-state index is 0.0690. The molecule has 0 atom stereocenters. The van der Waals surface area contributed by atoms with Crippen molar-refractivity contribution in [3.63, 3.8) is 0 Å². The summed E-state index contributed by atoms with van der Waals surface area (Å²) in [7, 11) is 1.65. The zero-order chi connectivity index (χ0) is 22.7. The first-order valence-corrected chi connectivity index (χ1v) is 11.6. The number of pyridine rings is 1. The van der Waals surface area contributed by atoms with E-state index in [0.717, 1.165) is 43.6 Å². The summed E-state index contributed by atoms with van der Waals surface area (Å²) in [5.41, 5.74) is 5.00. The molecule has 0 amide bonds. The lowest BCUT2D eigenvalue weighted by molar-refractivity contribution is 0.281. The molecule has 0 aliphatic rings. The van der Waals surface area contributed by atoms with Gasteiger partial charge in [0.2, 0.25) is 0 Å². The van der Waals surface area contributed by atoms with Gasteiger partial charge < -0.3 is 14.4 Å². The molecule has 0 spiro atoms. The van der Waals surface area contributed by atoms with Crippen molar-refractivity contribution in [3.8, 4) is 16.9 Å². The average Bonchev–Trinajstić information content (AvgIpc) is 3.04. The molecule has 0 unspecified atom stereocenters. The summed E-state index contributed by atoms with van der Waals surface area (Å²) in [5.74, 6) is 0.781. The Bertz CT molecular complexity index is 1200. The van der Waals surface area contributed by atoms with Crippen molar-refractivity contribution in [1.82, 2.24) is 9.55 Å². The first-order valence-electron chi connectivity index (χ1n) is 10.00. The molecule has 164 valence electrons. The van der Waals surface area contributed by atoms with Crippen LogP contribution >= 0.6 is 35.0 Å². The number of aromatic nitrogens is 2. The molecule has 2 aromatic heterocycles. The van der Waals surface area contributed by atoms with Crippen molar-refractivity contribution in [2.24, 2.45) is 0 Å². The van der Waals surface area contributed by atoms with Crippen LogP contribution in [-0.2, 0) is 13.2 Å². The highest BCUT2D eigenvalue weighted by molar-refractivity contribution is 7.99. The van der Waals surface area contributed by atoms with Crippen LogP contribution in [0.15, 0.2) is 76.9 Å². The molecule has 4 aromatic rings. The van der Waals surface area contributed by atoms with Crippen LogP contribution in [0.2, 0.25) is 10.0 Å². The third-order valence-corrected chi connectivity index (χ3v) is 6.81. The molecule has 4 nitrogen and oxygen atoms in total. The summed E-state index contributed by atoms with van der Waals surface area (Å²) in [4.78, 5) is 5.05. The smallest absolute Gasteiger partial charge is 0.118 e. The number of rotatable bonds is 7. The van der Waals surface area contributed by atoms with Crippen molar-refractivity contribution in [2.75, 3.05) is 7.11 Å². The van der Waals surface area contributed by atoms with Crippen LogP contribution in [0.4, 0.5) is 0 Å². The van der Waals surface area contributed by atoms with Crippen LogP contribution in [0.25, 0.3) is 11.1 Å². The highest BCUT2D eigenvalue weighted by atomic mass is 35.5. The maximum atomic E-state index is 10.3. The SMILES string of the molecule is COc1ccc(-c2c(CO)c(C)n(Cc3ccncc3)c2Sc2cc(Cl)cc(Cl)c2)cc1. The van der Waals surface area contributed by atoms with E-state index in [0.29, 0.717) is 16.6 Å². The van der Waals surface area contributed by atoms with Gasteiger partial charge >= 0.3 is 0 Å². The summed E-state index contributed by atoms with van der Waals surface area (Å²) in [6, 6.07) is 17.4. The van der Waals surface area contributed by atoms with E-state index in [4.69, 9.17) is 27.9 Å². The Labute approximate surface area is 201 Å². The summed E-state index contributed by atoms with van der Waals surface area (Å²) >= 11 is 14.1. The van der Waals surface area contributed by atoms with Gasteiger partial charge in [-0.2, -0.15) is 0 Å². The Kier molecular flexibility index (Phi) is 7.11. The third kappa shape index (κ3) is 4.81. The number of halogens is 2. The van der Waals surface area contributed by atoms with Crippen molar-refractivity contribution < 1.29 is 9.84 Å². The molecule has 1 N–H and O–H groups in total. The van der Waals surface area contributed by atoms with Gasteiger partial charge in [-0.3, -0.25) is 4.98 Å². The second kappa shape index (κ2) is 10.0. The number of methoxy groups -OCH3 is 1. The van der Waals surface area contributed by atoms with E-state index in [2.05, 4.69) is 9.55 Å². The first kappa shape index (κ1) is 22.7. The summed E-state index contributed by atoms with van der Waals surface area (Å²) in [5, 5.41) is 12.5. The van der Waals surface area contributed by atoms with Gasteiger partial charge in [-0.1, -0.05) is 47.1 Å². The van der Waals surface area contributed by atoms with Gasteiger partial charge in [0.05, 0.1) is 18.7 Å². The monoisotopic (exact) mass is 484 g/mol. The summed E-state index contributed by atoms with van der Waals surface area (Å²) in [6.45, 7) is 2.61. The number of benzene rings is 2. The molecule has 0 saturated heterocycles. The molecule has 4 rings (SSSR count). The maximum absolute atomic E-state index is 10.3. The fraction of sp³-hybridized carbons (Fsp3) is 0.160. The average molecular weight is 485 g/mol. The number of aliphatic hydroxyl groups excluding tert-OH is 1. The first-order chi connectivity index (χ1) is 15.5. The number of hydrogen-bond acceptors (Lipinski definition) is 4. The number of hydrogen-bond donors (Lipinski definition) is 1. The van der Waals surface area contributed by atoms with Crippen LogP contribution in [0.1, 0.15) is 16.8 Å². The van der Waals surface area contributed by atoms with E-state index in [1.165, 1.54) is 0 Å². The quantitative estimate of drug-likeness (QED) is 0.311. The third-order valence-electron chi connectivity index (χ3n) is 5.28. The predicted molar refractivity (Wildman–Crippen MR) is 131 cm³/mol. The normalized spacial score (nSPS) is 11.0. The van der Waals surface area contributed by atoms with Crippen LogP contribution < -0.4 is 4.74 Å². The summed E-state index contributed by atoms with van der Waals surface area (Å²) < 4.78 is 7.55. The lowest BCUT2D eigenvalue weighted by Crippen LogP contribution is -2.04. The van der Waals surface area contributed by atoms with Gasteiger partial charge in [0.15, 0.2) is 0 Å². The van der Waals surface area contributed by atoms with Gasteiger partial charge in [-0.25, -0.2) is 0 Å². The molecule has 0 aliphatic heterocycles. The second-order valence-corrected chi connectivity index (χ2v) is 9.21. The van der Waals surface area contributed by atoms with E-state index >= 15 is 0 Å². The van der Waals surface area contributed by atoms with E-state index in [1.807, 2.05) is 55.5 Å². The zero-order valence-corrected chi connectivity index (χ0v) is 20.0. The number of nitrogens with zero attached hydrogens (tertiary/aromatic N) is 2. The molecule has 7 heteroatoms. The van der Waals surface area contributed by atoms with Gasteiger partial charge in [0.25, 0.3) is 0 Å². The van der Waals surface area contributed by atoms with Gasteiger partial charge in [0, 0.05) is 50.7 Å². The van der Waals surface area contributed by atoms with Crippen LogP contribution in [0.5, 0.6) is 5.75 Å². The van der Waals surface area contributed by atoms with Gasteiger partial charge in [0.1, 0.15) is 5.75 Å². The lowest BCUT2D eigenvalue weighted by atomic mass is 10.0. The standard InChI is InChI=1S/C25H22Cl2N2O2S/c1-16-23(15-30)24(18-3-5-21(31-2)6-4-18)25(29(16)14-17-7-9-28-10-8-17)32-22-12-19(26)11-20(27)13-22/h3-13,30H,14-15H2,1-2H3. The van der Waals surface area contributed by atoms with E-state index in [-0.39, 0.29) is 6.61 Å². The summed E-state index contributed by atoms with van der Waals surface area (Å²) in [6.07, 6.45) is 3.57. The molecule has 0 bridgehead atoms. The van der Waals surface area contributed by atoms with Gasteiger partial charge in [-0.05, 0) is 60.5 Å². The Morgan fingerprint density at radius 3 is 2.25 bits per heavy atom. The van der Waals surface area contributed by atoms with Crippen molar-refractivity contribution >= 4 is 35.0 Å². The number of ether oxygens (including phenoxy) is 1. The van der Waals surface area contributed by atoms with Crippen molar-refractivity contribution in [2.45, 2.75) is 30.0 Å². The van der Waals surface area contributed by atoms with Crippen molar-refractivity contribution in [1.29, 1.82) is 0 Å². The Balaban J connectivity index is 1.90. The molecular formula is C25H22Cl2N2O2S. The van der Waals surface area contributed by atoms with E-state index in [9.17, 15) is 5.11 Å². The minimum Gasteiger partial charge on any atom is -0.497 e. The molecule has 2 heterocycles. The fourth-order valence-corrected chi connectivity index (χ4v) is 5.58. The van der Waals surface area contributed by atoms with E-state index in [1.54, 1.807) is 37.3 Å². The van der Waals surface area contributed by atoms with Crippen LogP contribution in [0, 0.1) is 6.92 Å². The largest absolute Gasteiger partial charge is 0.497 e. The number of aliphatic hydroxyl groups is 1. The Hall–Kier alpha value is -2.44. The Morgan fingerprint density at radius 1 is 1.00 bits per heavy atom. The molecule has 0 radical (unpaired) electrons. The topological polar surface area (TPSA) is 47.3 Å². The molecule has 2 aromatic carbocycles. The fourth-order valence-electron chi connectivity index (χ4n) is 3.68. The predicted octanol–water partition coefficient (Wildman–Crippen LogP) is 6.87. The zero-order valence-electron chi connectivity index (χ0n) is 17.7. The Morgan fingerprint density at radius 2 is 1.66 bits per heavy atom. The minimum atomic E-state index is -0.0690. The molecule has 0 saturated carbocycles. The highest BCUT2D eigenvalue weighted by Gasteiger charge is 2.23. The van der Waals surface area contributed by atoms with Crippen LogP contribution in [0.3, 0.4) is 0 Å². The lowest BCUT2D eigenvalue weighted by Gasteiger charge is -2.14. The van der Waals surface area contributed by atoms with E-state index < -0.39 is 0 Å². The molecule has 32 heavy (non-hydrogen) atoms. The molecule has 0 fully saturated rings. The molecular weight excluding hydrogens is 463 g/mol. The van der Waals surface area contributed by atoms with Crippen molar-refractivity contribution in [3.05, 3.63) is 93.9 Å².